The van der Waals surface area contributed by atoms with Crippen molar-refractivity contribution in [2.45, 2.75) is 26.3 Å². The summed E-state index contributed by atoms with van der Waals surface area (Å²) in [4.78, 5) is 24.0. The van der Waals surface area contributed by atoms with Crippen LogP contribution in [0.2, 0.25) is 0 Å². The summed E-state index contributed by atoms with van der Waals surface area (Å²) in [5.74, 6) is -0.470. The number of benzene rings is 1. The molecule has 23 heavy (non-hydrogen) atoms. The van der Waals surface area contributed by atoms with Crippen LogP contribution in [0.15, 0.2) is 42.5 Å². The van der Waals surface area contributed by atoms with Gasteiger partial charge in [0.25, 0.3) is 5.91 Å². The van der Waals surface area contributed by atoms with E-state index in [1.165, 1.54) is 0 Å². The Bertz CT molecular complexity index is 697. The van der Waals surface area contributed by atoms with Gasteiger partial charge in [0, 0.05) is 18.3 Å². The minimum atomic E-state index is -0.312. The van der Waals surface area contributed by atoms with E-state index in [0.29, 0.717) is 5.69 Å². The normalized spacial score (nSPS) is 11.1. The number of carbonyl (C=O) groups is 2. The Morgan fingerprint density at radius 3 is 2.30 bits per heavy atom. The van der Waals surface area contributed by atoms with Crippen molar-refractivity contribution in [3.63, 3.8) is 0 Å². The number of hydrogen-bond donors (Lipinski definition) is 2. The van der Waals surface area contributed by atoms with Gasteiger partial charge in [-0.05, 0) is 38.5 Å². The molecular formula is C18H23N3O2. The first kappa shape index (κ1) is 16.8. The van der Waals surface area contributed by atoms with Gasteiger partial charge in [0.2, 0.25) is 5.91 Å². The highest BCUT2D eigenvalue weighted by Crippen LogP contribution is 2.21. The molecule has 0 atom stereocenters. The second-order valence-corrected chi connectivity index (χ2v) is 6.51. The van der Waals surface area contributed by atoms with E-state index in [1.807, 2.05) is 68.8 Å². The highest BCUT2D eigenvalue weighted by Gasteiger charge is 2.17. The van der Waals surface area contributed by atoms with Crippen LogP contribution in [0.1, 0.15) is 31.3 Å². The molecule has 0 unspecified atom stereocenters. The molecule has 122 valence electrons. The summed E-state index contributed by atoms with van der Waals surface area (Å²) in [7, 11) is 1.84. The number of nitrogens with one attached hydrogen (secondary N) is 2. The maximum absolute atomic E-state index is 12.3. The molecule has 5 heteroatoms. The highest BCUT2D eigenvalue weighted by molar-refractivity contribution is 5.96. The number of rotatable bonds is 4. The molecule has 0 radical (unpaired) electrons. The van der Waals surface area contributed by atoms with Crippen molar-refractivity contribution < 1.29 is 9.59 Å². The predicted octanol–water partition coefficient (Wildman–Crippen LogP) is 2.34. The van der Waals surface area contributed by atoms with E-state index >= 15 is 0 Å². The largest absolute Gasteiger partial charge is 0.350 e. The number of nitrogens with zero attached hydrogens (tertiary/aromatic N) is 1. The Kier molecular flexibility index (Phi) is 4.89. The van der Waals surface area contributed by atoms with Gasteiger partial charge in [-0.25, -0.2) is 0 Å². The third kappa shape index (κ3) is 4.45. The molecule has 2 rings (SSSR count). The zero-order valence-electron chi connectivity index (χ0n) is 14.0. The van der Waals surface area contributed by atoms with Crippen LogP contribution in [0.4, 0.5) is 0 Å². The summed E-state index contributed by atoms with van der Waals surface area (Å²) < 4.78 is 1.83. The first-order valence-electron chi connectivity index (χ1n) is 7.58. The second kappa shape index (κ2) is 6.69. The first-order valence-corrected chi connectivity index (χ1v) is 7.58. The van der Waals surface area contributed by atoms with E-state index < -0.39 is 0 Å². The van der Waals surface area contributed by atoms with Crippen molar-refractivity contribution in [3.05, 3.63) is 48.2 Å². The molecule has 2 aromatic rings. The van der Waals surface area contributed by atoms with E-state index in [4.69, 9.17) is 0 Å². The minimum Gasteiger partial charge on any atom is -0.350 e. The quantitative estimate of drug-likeness (QED) is 0.910. The van der Waals surface area contributed by atoms with Gasteiger partial charge >= 0.3 is 0 Å². The van der Waals surface area contributed by atoms with Crippen LogP contribution in [0.25, 0.3) is 11.3 Å². The Morgan fingerprint density at radius 2 is 1.70 bits per heavy atom. The molecule has 0 spiro atoms. The molecule has 0 aliphatic rings. The summed E-state index contributed by atoms with van der Waals surface area (Å²) in [6.07, 6.45) is 0. The zero-order chi connectivity index (χ0) is 17.0. The second-order valence-electron chi connectivity index (χ2n) is 6.51. The summed E-state index contributed by atoms with van der Waals surface area (Å²) in [6, 6.07) is 13.5. The molecule has 1 aromatic carbocycles. The molecule has 1 aromatic heterocycles. The Hall–Kier alpha value is -2.56. The summed E-state index contributed by atoms with van der Waals surface area (Å²) in [5, 5.41) is 5.47. The van der Waals surface area contributed by atoms with Crippen LogP contribution >= 0.6 is 0 Å². The molecule has 5 nitrogen and oxygen atoms in total. The third-order valence-corrected chi connectivity index (χ3v) is 3.35. The minimum absolute atomic E-state index is 0.0397. The predicted molar refractivity (Wildman–Crippen MR) is 91.1 cm³/mol. The van der Waals surface area contributed by atoms with Crippen molar-refractivity contribution >= 4 is 11.8 Å². The Balaban J connectivity index is 2.04. The molecule has 1 heterocycles. The van der Waals surface area contributed by atoms with E-state index in [0.717, 1.165) is 11.3 Å². The van der Waals surface area contributed by atoms with Gasteiger partial charge in [0.15, 0.2) is 0 Å². The molecule has 0 fully saturated rings. The van der Waals surface area contributed by atoms with Crippen LogP contribution in [0, 0.1) is 0 Å². The fourth-order valence-electron chi connectivity index (χ4n) is 2.35. The average Bonchev–Trinajstić information content (AvgIpc) is 2.86. The fraction of sp³-hybridized carbons (Fsp3) is 0.333. The lowest BCUT2D eigenvalue weighted by Gasteiger charge is -2.20. The van der Waals surface area contributed by atoms with Crippen molar-refractivity contribution in [2.24, 2.45) is 7.05 Å². The number of aromatic nitrogens is 1. The molecule has 0 aliphatic carbocycles. The van der Waals surface area contributed by atoms with Gasteiger partial charge in [0.1, 0.15) is 5.69 Å². The standard InChI is InChI=1S/C18H23N3O2/c1-18(2,3)20-16(22)12-19-17(23)15-11-10-14(21(15)4)13-8-6-5-7-9-13/h5-11H,12H2,1-4H3,(H,19,23)(H,20,22). The SMILES string of the molecule is Cn1c(C(=O)NCC(=O)NC(C)(C)C)ccc1-c1ccccc1. The number of amides is 2. The van der Waals surface area contributed by atoms with Crippen LogP contribution in [0.5, 0.6) is 0 Å². The summed E-state index contributed by atoms with van der Waals surface area (Å²) in [6.45, 7) is 5.66. The average molecular weight is 313 g/mol. The topological polar surface area (TPSA) is 63.1 Å². The maximum Gasteiger partial charge on any atom is 0.268 e. The lowest BCUT2D eigenvalue weighted by Crippen LogP contribution is -2.46. The van der Waals surface area contributed by atoms with Crippen LogP contribution in [0.3, 0.4) is 0 Å². The van der Waals surface area contributed by atoms with Gasteiger partial charge in [0.05, 0.1) is 6.54 Å². The summed E-state index contributed by atoms with van der Waals surface area (Å²) in [5.41, 5.74) is 2.20. The van der Waals surface area contributed by atoms with Gasteiger partial charge in [-0.2, -0.15) is 0 Å². The molecule has 0 saturated carbocycles. The Labute approximate surface area is 136 Å². The van der Waals surface area contributed by atoms with Gasteiger partial charge < -0.3 is 15.2 Å². The molecule has 2 N–H and O–H groups in total. The van der Waals surface area contributed by atoms with Crippen LogP contribution in [-0.2, 0) is 11.8 Å². The van der Waals surface area contributed by atoms with E-state index in [2.05, 4.69) is 10.6 Å². The third-order valence-electron chi connectivity index (χ3n) is 3.35. The Morgan fingerprint density at radius 1 is 1.04 bits per heavy atom. The molecule has 2 amide bonds. The lowest BCUT2D eigenvalue weighted by molar-refractivity contribution is -0.121. The summed E-state index contributed by atoms with van der Waals surface area (Å²) >= 11 is 0. The highest BCUT2D eigenvalue weighted by atomic mass is 16.2. The van der Waals surface area contributed by atoms with Crippen LogP contribution in [-0.4, -0.2) is 28.5 Å². The van der Waals surface area contributed by atoms with Gasteiger partial charge in [-0.1, -0.05) is 30.3 Å². The van der Waals surface area contributed by atoms with Gasteiger partial charge in [-0.15, -0.1) is 0 Å². The molecule has 0 saturated heterocycles. The molecular weight excluding hydrogens is 290 g/mol. The van der Waals surface area contributed by atoms with E-state index in [1.54, 1.807) is 6.07 Å². The van der Waals surface area contributed by atoms with E-state index in [-0.39, 0.29) is 23.9 Å². The lowest BCUT2D eigenvalue weighted by atomic mass is 10.1. The number of carbonyl (C=O) groups excluding carboxylic acids is 2. The molecule has 0 aliphatic heterocycles. The smallest absolute Gasteiger partial charge is 0.268 e. The number of hydrogen-bond acceptors (Lipinski definition) is 2. The van der Waals surface area contributed by atoms with Crippen molar-refractivity contribution in [3.8, 4) is 11.3 Å². The first-order chi connectivity index (χ1) is 10.8. The van der Waals surface area contributed by atoms with Crippen LogP contribution < -0.4 is 10.6 Å². The van der Waals surface area contributed by atoms with Crippen molar-refractivity contribution in [1.29, 1.82) is 0 Å². The maximum atomic E-state index is 12.3. The van der Waals surface area contributed by atoms with Crippen molar-refractivity contribution in [2.75, 3.05) is 6.54 Å². The van der Waals surface area contributed by atoms with Gasteiger partial charge in [-0.3, -0.25) is 9.59 Å². The molecule has 0 bridgehead atoms. The zero-order valence-corrected chi connectivity index (χ0v) is 14.0. The van der Waals surface area contributed by atoms with Crippen molar-refractivity contribution in [1.82, 2.24) is 15.2 Å². The monoisotopic (exact) mass is 313 g/mol. The fourth-order valence-corrected chi connectivity index (χ4v) is 2.35. The van der Waals surface area contributed by atoms with E-state index in [9.17, 15) is 9.59 Å².